The Morgan fingerprint density at radius 2 is 0.890 bits per heavy atom. The van der Waals surface area contributed by atoms with E-state index in [1.807, 2.05) is 6.08 Å². The second kappa shape index (κ2) is 51.2. The van der Waals surface area contributed by atoms with E-state index in [-0.39, 0.29) is 13.0 Å². The number of aliphatic hydroxyl groups is 5. The normalized spacial score (nSPS) is 19.4. The van der Waals surface area contributed by atoms with E-state index in [1.54, 1.807) is 6.08 Å². The highest BCUT2D eigenvalue weighted by atomic mass is 16.7. The minimum absolute atomic E-state index is 0.132. The van der Waals surface area contributed by atoms with Crippen LogP contribution in [-0.4, -0.2) is 99.6 Å². The summed E-state index contributed by atoms with van der Waals surface area (Å²) in [5, 5.41) is 56.9. The molecule has 1 aliphatic heterocycles. The van der Waals surface area contributed by atoms with Gasteiger partial charge in [-0.2, -0.15) is 0 Å². The van der Waals surface area contributed by atoms with Crippen molar-refractivity contribution in [3.63, 3.8) is 0 Å². The second-order valence-corrected chi connectivity index (χ2v) is 22.2. The summed E-state index contributed by atoms with van der Waals surface area (Å²) >= 11 is 0. The molecule has 8 atom stereocenters. The Morgan fingerprint density at radius 1 is 0.521 bits per heavy atom. The van der Waals surface area contributed by atoms with E-state index in [1.165, 1.54) is 205 Å². The Labute approximate surface area is 448 Å². The summed E-state index contributed by atoms with van der Waals surface area (Å²) in [6, 6.07) is -1.01. The van der Waals surface area contributed by atoms with Crippen LogP contribution in [0.3, 0.4) is 0 Å². The van der Waals surface area contributed by atoms with Crippen molar-refractivity contribution in [2.45, 2.75) is 359 Å². The molecule has 1 aliphatic rings. The van der Waals surface area contributed by atoms with Crippen LogP contribution in [0.4, 0.5) is 0 Å². The summed E-state index contributed by atoms with van der Waals surface area (Å²) in [4.78, 5) is 26.5. The molecule has 1 fully saturated rings. The van der Waals surface area contributed by atoms with Gasteiger partial charge in [0.15, 0.2) is 12.4 Å². The van der Waals surface area contributed by atoms with Crippen molar-refractivity contribution in [1.82, 2.24) is 5.32 Å². The molecule has 0 aliphatic carbocycles. The molecule has 0 saturated carbocycles. The van der Waals surface area contributed by atoms with Gasteiger partial charge in [0, 0.05) is 6.42 Å². The number of aliphatic hydroxyl groups excluding tert-OH is 5. The number of hydrogen-bond acceptors (Lipinski definition) is 10. The van der Waals surface area contributed by atoms with Crippen molar-refractivity contribution < 1.29 is 49.3 Å². The molecule has 6 N–H and O–H groups in total. The van der Waals surface area contributed by atoms with Crippen LogP contribution in [0.15, 0.2) is 12.2 Å². The zero-order valence-electron chi connectivity index (χ0n) is 47.8. The lowest BCUT2D eigenvalue weighted by atomic mass is 9.99. The van der Waals surface area contributed by atoms with Crippen molar-refractivity contribution in [1.29, 1.82) is 0 Å². The van der Waals surface area contributed by atoms with Gasteiger partial charge in [-0.3, -0.25) is 9.59 Å². The third kappa shape index (κ3) is 39.4. The number of esters is 1. The van der Waals surface area contributed by atoms with Crippen LogP contribution < -0.4 is 5.32 Å². The van der Waals surface area contributed by atoms with Crippen LogP contribution >= 0.6 is 0 Å². The zero-order chi connectivity index (χ0) is 53.3. The first-order chi connectivity index (χ1) is 35.7. The van der Waals surface area contributed by atoms with E-state index < -0.39 is 67.4 Å². The first kappa shape index (κ1) is 69.4. The fraction of sp³-hybridized carbons (Fsp3) is 0.935. The predicted octanol–water partition coefficient (Wildman–Crippen LogP) is 14.7. The van der Waals surface area contributed by atoms with Crippen LogP contribution in [-0.2, 0) is 23.8 Å². The largest absolute Gasteiger partial charge is 0.454 e. The lowest BCUT2D eigenvalue weighted by Gasteiger charge is -2.41. The molecule has 73 heavy (non-hydrogen) atoms. The lowest BCUT2D eigenvalue weighted by Crippen LogP contribution is -2.61. The summed E-state index contributed by atoms with van der Waals surface area (Å²) in [6.45, 7) is 5.82. The SMILES string of the molecule is CCCCCCCCCCC/C=C/C(O)C(COC1OC(CO)C(O)C(O)C1OC(=O)CCCCCCCCCCCCCCCCCCCCC)NC(=O)C(O)CCCCCCCCCCCCCCCC. The number of rotatable bonds is 54. The minimum atomic E-state index is -1.61. The molecule has 1 amide bonds. The third-order valence-corrected chi connectivity index (χ3v) is 15.2. The van der Waals surface area contributed by atoms with Crippen LogP contribution in [0, 0.1) is 0 Å². The van der Waals surface area contributed by atoms with E-state index in [9.17, 15) is 35.1 Å². The van der Waals surface area contributed by atoms with Crippen LogP contribution in [0.1, 0.15) is 310 Å². The van der Waals surface area contributed by atoms with Gasteiger partial charge < -0.3 is 45.1 Å². The fourth-order valence-electron chi connectivity index (χ4n) is 10.2. The highest BCUT2D eigenvalue weighted by Gasteiger charge is 2.47. The monoisotopic (exact) mass is 1040 g/mol. The third-order valence-electron chi connectivity index (χ3n) is 15.2. The van der Waals surface area contributed by atoms with Gasteiger partial charge in [-0.25, -0.2) is 0 Å². The quantitative estimate of drug-likeness (QED) is 0.0195. The topological polar surface area (TPSA) is 175 Å². The van der Waals surface area contributed by atoms with Crippen molar-refractivity contribution in [3.8, 4) is 0 Å². The molecule has 8 unspecified atom stereocenters. The fourth-order valence-corrected chi connectivity index (χ4v) is 10.2. The van der Waals surface area contributed by atoms with Crippen LogP contribution in [0.2, 0.25) is 0 Å². The predicted molar refractivity (Wildman–Crippen MR) is 301 cm³/mol. The number of amides is 1. The standard InChI is InChI=1S/C62H119NO10/c1-4-7-10-13-16-19-22-24-26-27-28-29-30-32-35-38-41-44-47-50-57(67)73-60-59(69)58(68)56(51-64)72-62(60)71-52-53(54(65)48-45-42-39-36-33-21-18-15-12-9-6-3)63-61(70)55(66)49-46-43-40-37-34-31-25-23-20-17-14-11-8-5-2/h45,48,53-56,58-60,62,64-66,68-69H,4-44,46-47,49-52H2,1-3H3,(H,63,70)/b48-45+. The first-order valence-electron chi connectivity index (χ1n) is 31.5. The summed E-state index contributed by atoms with van der Waals surface area (Å²) < 4.78 is 17.6. The highest BCUT2D eigenvalue weighted by Crippen LogP contribution is 2.26. The molecule has 1 rings (SSSR count). The molecule has 0 bridgehead atoms. The molecule has 11 nitrogen and oxygen atoms in total. The van der Waals surface area contributed by atoms with Crippen molar-refractivity contribution in [2.75, 3.05) is 13.2 Å². The minimum Gasteiger partial charge on any atom is -0.454 e. The van der Waals surface area contributed by atoms with Gasteiger partial charge in [-0.05, 0) is 25.7 Å². The Morgan fingerprint density at radius 3 is 1.29 bits per heavy atom. The molecule has 0 radical (unpaired) electrons. The first-order valence-corrected chi connectivity index (χ1v) is 31.5. The zero-order valence-corrected chi connectivity index (χ0v) is 47.8. The highest BCUT2D eigenvalue weighted by molar-refractivity contribution is 5.80. The van der Waals surface area contributed by atoms with Gasteiger partial charge in [-0.1, -0.05) is 290 Å². The van der Waals surface area contributed by atoms with E-state index in [0.29, 0.717) is 19.3 Å². The molecule has 0 aromatic rings. The summed E-state index contributed by atoms with van der Waals surface area (Å²) in [7, 11) is 0. The molecular formula is C62H119NO10. The van der Waals surface area contributed by atoms with Crippen molar-refractivity contribution in [3.05, 3.63) is 12.2 Å². The van der Waals surface area contributed by atoms with E-state index in [0.717, 1.165) is 57.8 Å². The molecule has 0 aromatic carbocycles. The Balaban J connectivity index is 2.63. The molecule has 11 heteroatoms. The number of carbonyl (C=O) groups excluding carboxylic acids is 2. The maximum Gasteiger partial charge on any atom is 0.306 e. The molecular weight excluding hydrogens is 919 g/mol. The summed E-state index contributed by atoms with van der Waals surface area (Å²) in [6.07, 6.45) is 46.8. The molecule has 0 aromatic heterocycles. The summed E-state index contributed by atoms with van der Waals surface area (Å²) in [5.41, 5.74) is 0. The second-order valence-electron chi connectivity index (χ2n) is 22.2. The maximum atomic E-state index is 13.4. The van der Waals surface area contributed by atoms with Gasteiger partial charge in [0.2, 0.25) is 5.91 Å². The molecule has 432 valence electrons. The van der Waals surface area contributed by atoms with E-state index in [4.69, 9.17) is 14.2 Å². The van der Waals surface area contributed by atoms with Crippen molar-refractivity contribution >= 4 is 11.9 Å². The Hall–Kier alpha value is -1.60. The van der Waals surface area contributed by atoms with Crippen molar-refractivity contribution in [2.24, 2.45) is 0 Å². The van der Waals surface area contributed by atoms with Gasteiger partial charge in [0.05, 0.1) is 25.4 Å². The molecule has 0 spiro atoms. The van der Waals surface area contributed by atoms with E-state index in [2.05, 4.69) is 26.1 Å². The number of unbranched alkanes of at least 4 members (excludes halogenated alkanes) is 40. The smallest absolute Gasteiger partial charge is 0.306 e. The Bertz CT molecular complexity index is 1240. The van der Waals surface area contributed by atoms with Crippen LogP contribution in [0.5, 0.6) is 0 Å². The molecule has 1 heterocycles. The lowest BCUT2D eigenvalue weighted by molar-refractivity contribution is -0.305. The number of hydrogen-bond donors (Lipinski definition) is 6. The van der Waals surface area contributed by atoms with E-state index >= 15 is 0 Å². The van der Waals surface area contributed by atoms with Gasteiger partial charge in [-0.15, -0.1) is 0 Å². The number of nitrogens with one attached hydrogen (secondary N) is 1. The number of allylic oxidation sites excluding steroid dienone is 1. The van der Waals surface area contributed by atoms with Crippen LogP contribution in [0.25, 0.3) is 0 Å². The summed E-state index contributed by atoms with van der Waals surface area (Å²) in [5.74, 6) is -1.18. The van der Waals surface area contributed by atoms with Gasteiger partial charge >= 0.3 is 5.97 Å². The number of ether oxygens (including phenoxy) is 3. The van der Waals surface area contributed by atoms with Gasteiger partial charge in [0.25, 0.3) is 0 Å². The number of carbonyl (C=O) groups is 2. The average Bonchev–Trinajstić information content (AvgIpc) is 3.39. The average molecular weight is 1040 g/mol. The Kier molecular flexibility index (Phi) is 48.7. The maximum absolute atomic E-state index is 13.4. The van der Waals surface area contributed by atoms with Gasteiger partial charge in [0.1, 0.15) is 24.4 Å². The molecule has 1 saturated heterocycles.